The maximum absolute atomic E-state index is 11.7. The van der Waals surface area contributed by atoms with E-state index in [1.807, 2.05) is 24.4 Å². The first-order chi connectivity index (χ1) is 17.5. The van der Waals surface area contributed by atoms with Gasteiger partial charge in [0, 0.05) is 66.8 Å². The molecule has 0 atom stereocenters. The van der Waals surface area contributed by atoms with Crippen LogP contribution in [0.25, 0.3) is 22.0 Å². The third kappa shape index (κ3) is 4.38. The zero-order valence-corrected chi connectivity index (χ0v) is 20.7. The van der Waals surface area contributed by atoms with Gasteiger partial charge in [0.05, 0.1) is 5.52 Å². The van der Waals surface area contributed by atoms with E-state index in [2.05, 4.69) is 75.8 Å². The van der Waals surface area contributed by atoms with Crippen LogP contribution < -0.4 is 15.5 Å². The number of hydrogen-bond donors (Lipinski definition) is 2. The van der Waals surface area contributed by atoms with Crippen LogP contribution >= 0.6 is 0 Å². The quantitative estimate of drug-likeness (QED) is 0.431. The summed E-state index contributed by atoms with van der Waals surface area (Å²) in [5, 5.41) is 7.37. The number of nitrogens with zero attached hydrogens (tertiary/aromatic N) is 4. The monoisotopic (exact) mass is 478 g/mol. The van der Waals surface area contributed by atoms with E-state index in [4.69, 9.17) is 4.98 Å². The summed E-state index contributed by atoms with van der Waals surface area (Å²) >= 11 is 0. The third-order valence-corrected chi connectivity index (χ3v) is 7.22. The van der Waals surface area contributed by atoms with E-state index in [0.717, 1.165) is 71.6 Å². The Morgan fingerprint density at radius 2 is 1.83 bits per heavy atom. The molecule has 2 N–H and O–H groups in total. The smallest absolute Gasteiger partial charge is 0.227 e. The second-order valence-corrected chi connectivity index (χ2v) is 9.77. The molecule has 0 unspecified atom stereocenters. The number of aromatic nitrogens is 2. The SMILES string of the molecule is Cc1cc(Nc2ncc3cccc(-c4ccc5c(c4)CCC(=O)N5)c3n2)ccc1N1CCN(C)CC1. The van der Waals surface area contributed by atoms with Gasteiger partial charge in [0.1, 0.15) is 0 Å². The van der Waals surface area contributed by atoms with E-state index < -0.39 is 0 Å². The summed E-state index contributed by atoms with van der Waals surface area (Å²) in [6, 6.07) is 18.9. The van der Waals surface area contributed by atoms with Crippen molar-refractivity contribution in [3.05, 3.63) is 71.9 Å². The van der Waals surface area contributed by atoms with E-state index >= 15 is 0 Å². The summed E-state index contributed by atoms with van der Waals surface area (Å²) in [5.74, 6) is 0.655. The van der Waals surface area contributed by atoms with Gasteiger partial charge in [-0.1, -0.05) is 24.3 Å². The van der Waals surface area contributed by atoms with Gasteiger partial charge in [0.25, 0.3) is 0 Å². The van der Waals surface area contributed by atoms with Crippen molar-refractivity contribution in [3.8, 4) is 11.1 Å². The Morgan fingerprint density at radius 1 is 0.972 bits per heavy atom. The maximum Gasteiger partial charge on any atom is 0.227 e. The second-order valence-electron chi connectivity index (χ2n) is 9.77. The van der Waals surface area contributed by atoms with E-state index in [1.54, 1.807) is 0 Å². The van der Waals surface area contributed by atoms with Crippen molar-refractivity contribution in [2.45, 2.75) is 19.8 Å². The van der Waals surface area contributed by atoms with Crippen LogP contribution in [0, 0.1) is 6.92 Å². The number of hydrogen-bond acceptors (Lipinski definition) is 6. The number of likely N-dealkylation sites (N-methyl/N-ethyl adjacent to an activating group) is 1. The molecule has 0 radical (unpaired) electrons. The minimum absolute atomic E-state index is 0.0793. The minimum Gasteiger partial charge on any atom is -0.369 e. The molecule has 1 fully saturated rings. The van der Waals surface area contributed by atoms with Crippen LogP contribution in [0.1, 0.15) is 17.5 Å². The molecule has 36 heavy (non-hydrogen) atoms. The van der Waals surface area contributed by atoms with E-state index in [1.165, 1.54) is 11.3 Å². The lowest BCUT2D eigenvalue weighted by Gasteiger charge is -2.35. The summed E-state index contributed by atoms with van der Waals surface area (Å²) in [7, 11) is 2.18. The number of amides is 1. The van der Waals surface area contributed by atoms with Gasteiger partial charge >= 0.3 is 0 Å². The van der Waals surface area contributed by atoms with Crippen molar-refractivity contribution in [1.29, 1.82) is 0 Å². The minimum atomic E-state index is 0.0793. The molecular formula is C29H30N6O. The number of para-hydroxylation sites is 1. The van der Waals surface area contributed by atoms with Gasteiger partial charge in [-0.05, 0) is 67.4 Å². The highest BCUT2D eigenvalue weighted by atomic mass is 16.1. The zero-order chi connectivity index (χ0) is 24.6. The molecule has 6 rings (SSSR count). The summed E-state index contributed by atoms with van der Waals surface area (Å²) < 4.78 is 0. The predicted molar refractivity (Wildman–Crippen MR) is 146 cm³/mol. The molecule has 4 aromatic rings. The Bertz CT molecular complexity index is 1460. The number of piperazine rings is 1. The molecule has 7 nitrogen and oxygen atoms in total. The lowest BCUT2D eigenvalue weighted by molar-refractivity contribution is -0.116. The Morgan fingerprint density at radius 3 is 2.67 bits per heavy atom. The Labute approximate surface area is 211 Å². The third-order valence-electron chi connectivity index (χ3n) is 7.22. The maximum atomic E-state index is 11.7. The molecule has 2 aliphatic rings. The molecule has 3 aromatic carbocycles. The largest absolute Gasteiger partial charge is 0.369 e. The van der Waals surface area contributed by atoms with Gasteiger partial charge in [0.15, 0.2) is 0 Å². The van der Waals surface area contributed by atoms with E-state index in [-0.39, 0.29) is 5.91 Å². The topological polar surface area (TPSA) is 73.4 Å². The van der Waals surface area contributed by atoms with Crippen LogP contribution in [0.2, 0.25) is 0 Å². The predicted octanol–water partition coefficient (Wildman–Crippen LogP) is 4.99. The molecule has 7 heteroatoms. The Balaban J connectivity index is 1.28. The Kier molecular flexibility index (Phi) is 5.77. The summed E-state index contributed by atoms with van der Waals surface area (Å²) in [6.45, 7) is 6.44. The molecule has 2 aliphatic heterocycles. The number of carbonyl (C=O) groups excluding carboxylic acids is 1. The summed E-state index contributed by atoms with van der Waals surface area (Å²) in [5.41, 5.74) is 8.63. The number of aryl methyl sites for hydroxylation is 2. The van der Waals surface area contributed by atoms with Crippen LogP contribution in [0.4, 0.5) is 23.0 Å². The van der Waals surface area contributed by atoms with Gasteiger partial charge in [-0.15, -0.1) is 0 Å². The lowest BCUT2D eigenvalue weighted by Crippen LogP contribution is -2.44. The van der Waals surface area contributed by atoms with Crippen LogP contribution in [0.3, 0.4) is 0 Å². The van der Waals surface area contributed by atoms with Crippen LogP contribution in [0.15, 0.2) is 60.8 Å². The molecule has 0 saturated carbocycles. The van der Waals surface area contributed by atoms with Crippen LogP contribution in [-0.2, 0) is 11.2 Å². The van der Waals surface area contributed by atoms with Gasteiger partial charge in [-0.25, -0.2) is 9.97 Å². The van der Waals surface area contributed by atoms with Crippen molar-refractivity contribution in [2.75, 3.05) is 48.8 Å². The van der Waals surface area contributed by atoms with Crippen LogP contribution in [0.5, 0.6) is 0 Å². The van der Waals surface area contributed by atoms with Crippen molar-refractivity contribution in [1.82, 2.24) is 14.9 Å². The number of anilines is 4. The standard InChI is InChI=1S/C29H30N6O/c1-19-16-23(8-10-26(19)35-14-12-34(2)13-15-35)31-29-30-18-22-4-3-5-24(28(22)33-29)20-6-9-25-21(17-20)7-11-27(36)32-25/h3-6,8-10,16-18H,7,11-15H2,1-2H3,(H,32,36)(H,30,31,33). The fraction of sp³-hybridized carbons (Fsp3) is 0.276. The second kappa shape index (κ2) is 9.24. The summed E-state index contributed by atoms with van der Waals surface area (Å²) in [6.07, 6.45) is 3.15. The van der Waals surface area contributed by atoms with Crippen molar-refractivity contribution in [2.24, 2.45) is 0 Å². The molecule has 3 heterocycles. The molecule has 1 saturated heterocycles. The average Bonchev–Trinajstić information content (AvgIpc) is 2.89. The van der Waals surface area contributed by atoms with Gasteiger partial charge < -0.3 is 20.4 Å². The number of benzene rings is 3. The number of carbonyl (C=O) groups is 1. The number of fused-ring (bicyclic) bond motifs is 2. The van der Waals surface area contributed by atoms with Crippen molar-refractivity contribution >= 4 is 39.8 Å². The fourth-order valence-corrected chi connectivity index (χ4v) is 5.16. The first-order valence-electron chi connectivity index (χ1n) is 12.5. The Hall–Kier alpha value is -3.97. The molecule has 1 aromatic heterocycles. The normalized spacial score (nSPS) is 16.1. The van der Waals surface area contributed by atoms with E-state index in [0.29, 0.717) is 12.4 Å². The highest BCUT2D eigenvalue weighted by Crippen LogP contribution is 2.33. The molecule has 0 aliphatic carbocycles. The highest BCUT2D eigenvalue weighted by Gasteiger charge is 2.18. The van der Waals surface area contributed by atoms with Gasteiger partial charge in [-0.3, -0.25) is 4.79 Å². The fourth-order valence-electron chi connectivity index (χ4n) is 5.16. The average molecular weight is 479 g/mol. The zero-order valence-electron chi connectivity index (χ0n) is 20.7. The van der Waals surface area contributed by atoms with E-state index in [9.17, 15) is 4.79 Å². The molecule has 0 bridgehead atoms. The van der Waals surface area contributed by atoms with Gasteiger partial charge in [-0.2, -0.15) is 0 Å². The first kappa shape index (κ1) is 22.5. The molecule has 182 valence electrons. The van der Waals surface area contributed by atoms with Crippen LogP contribution in [-0.4, -0.2) is 54.0 Å². The number of nitrogens with one attached hydrogen (secondary N) is 2. The van der Waals surface area contributed by atoms with Crippen molar-refractivity contribution < 1.29 is 4.79 Å². The lowest BCUT2D eigenvalue weighted by atomic mass is 9.96. The van der Waals surface area contributed by atoms with Gasteiger partial charge in [0.2, 0.25) is 11.9 Å². The molecule has 0 spiro atoms. The molecule has 1 amide bonds. The van der Waals surface area contributed by atoms with Crippen molar-refractivity contribution in [3.63, 3.8) is 0 Å². The number of rotatable bonds is 4. The first-order valence-corrected chi connectivity index (χ1v) is 12.5. The highest BCUT2D eigenvalue weighted by molar-refractivity contribution is 5.97. The summed E-state index contributed by atoms with van der Waals surface area (Å²) in [4.78, 5) is 26.1. The molecular weight excluding hydrogens is 448 g/mol.